The smallest absolute Gasteiger partial charge is 0.226 e. The molecule has 0 saturated carbocycles. The predicted molar refractivity (Wildman–Crippen MR) is 113 cm³/mol. The number of benzene rings is 1. The van der Waals surface area contributed by atoms with Gasteiger partial charge in [-0.05, 0) is 35.8 Å². The van der Waals surface area contributed by atoms with Gasteiger partial charge in [-0.25, -0.2) is 9.97 Å². The standard InChI is InChI=1S/C21H17ClN6O2/c1-29-15-6-7-16(30-2)9-13(8-15)12-24-21-26-19-14(11-23)4-3-5-17(19)20-25-18(10-22)27-28(20)21/h3-5,8-9,15H,10,12H2,1-2H3,(H,24,26). The van der Waals surface area contributed by atoms with E-state index >= 15 is 0 Å². The summed E-state index contributed by atoms with van der Waals surface area (Å²) in [7, 11) is 3.17. The lowest BCUT2D eigenvalue weighted by Crippen LogP contribution is -2.13. The van der Waals surface area contributed by atoms with Crippen molar-refractivity contribution < 1.29 is 9.47 Å². The first-order valence-electron chi connectivity index (χ1n) is 9.06. The number of rotatable bonds is 6. The van der Waals surface area contributed by atoms with E-state index in [1.807, 2.05) is 18.2 Å². The molecule has 0 spiro atoms. The van der Waals surface area contributed by atoms with E-state index < -0.39 is 0 Å². The summed E-state index contributed by atoms with van der Waals surface area (Å²) in [6.07, 6.45) is 3.38. The van der Waals surface area contributed by atoms with Gasteiger partial charge in [0.05, 0.1) is 24.1 Å². The van der Waals surface area contributed by atoms with E-state index in [0.29, 0.717) is 40.8 Å². The molecule has 0 aliphatic heterocycles. The summed E-state index contributed by atoms with van der Waals surface area (Å²) in [5.41, 5.74) is 2.47. The van der Waals surface area contributed by atoms with Crippen LogP contribution in [0.4, 0.5) is 5.95 Å². The third-order valence-electron chi connectivity index (χ3n) is 4.53. The highest BCUT2D eigenvalue weighted by Gasteiger charge is 2.16. The van der Waals surface area contributed by atoms with E-state index in [9.17, 15) is 5.26 Å². The minimum atomic E-state index is -0.352. The van der Waals surface area contributed by atoms with Crippen LogP contribution in [-0.4, -0.2) is 46.5 Å². The number of nitriles is 1. The molecule has 8 nitrogen and oxygen atoms in total. The van der Waals surface area contributed by atoms with Crippen molar-refractivity contribution in [2.75, 3.05) is 26.1 Å². The first-order chi connectivity index (χ1) is 14.7. The molecule has 2 heterocycles. The van der Waals surface area contributed by atoms with E-state index in [2.05, 4.69) is 38.3 Å². The van der Waals surface area contributed by atoms with Gasteiger partial charge in [0.25, 0.3) is 0 Å². The van der Waals surface area contributed by atoms with Gasteiger partial charge in [-0.3, -0.25) is 0 Å². The van der Waals surface area contributed by atoms with Crippen molar-refractivity contribution in [1.29, 1.82) is 5.26 Å². The third-order valence-corrected chi connectivity index (χ3v) is 4.77. The van der Waals surface area contributed by atoms with Gasteiger partial charge in [-0.2, -0.15) is 9.78 Å². The third kappa shape index (κ3) is 3.67. The number of methoxy groups -OCH3 is 2. The van der Waals surface area contributed by atoms with Gasteiger partial charge in [0.1, 0.15) is 12.2 Å². The molecule has 0 amide bonds. The lowest BCUT2D eigenvalue weighted by Gasteiger charge is -2.11. The van der Waals surface area contributed by atoms with Crippen LogP contribution < -0.4 is 5.32 Å². The molecule has 1 aromatic carbocycles. The van der Waals surface area contributed by atoms with Gasteiger partial charge in [0, 0.05) is 19.0 Å². The van der Waals surface area contributed by atoms with Crippen LogP contribution in [0.25, 0.3) is 16.6 Å². The zero-order chi connectivity index (χ0) is 21.1. The zero-order valence-corrected chi connectivity index (χ0v) is 17.1. The second-order valence-corrected chi connectivity index (χ2v) is 6.65. The average molecular weight is 421 g/mol. The molecule has 3 aromatic rings. The minimum Gasteiger partial charge on any atom is -0.489 e. The number of alkyl halides is 1. The maximum absolute atomic E-state index is 9.49. The SMILES string of the molecule is COC1=CC(CNc2nc3c(C#N)cccc3c3nc(CCl)nn23)=CC(OC)C#C1. The zero-order valence-electron chi connectivity index (χ0n) is 16.3. The number of nitrogens with one attached hydrogen (secondary N) is 1. The van der Waals surface area contributed by atoms with Crippen LogP contribution in [0, 0.1) is 23.2 Å². The van der Waals surface area contributed by atoms with Gasteiger partial charge in [0.15, 0.2) is 17.2 Å². The molecule has 0 bridgehead atoms. The molecule has 30 heavy (non-hydrogen) atoms. The summed E-state index contributed by atoms with van der Waals surface area (Å²) in [5, 5.41) is 17.9. The molecular formula is C21H17ClN6O2. The van der Waals surface area contributed by atoms with E-state index in [0.717, 1.165) is 11.0 Å². The van der Waals surface area contributed by atoms with Crippen LogP contribution in [0.1, 0.15) is 11.4 Å². The molecule has 150 valence electrons. The Morgan fingerprint density at radius 1 is 1.33 bits per heavy atom. The molecule has 0 fully saturated rings. The average Bonchev–Trinajstić information content (AvgIpc) is 3.12. The highest BCUT2D eigenvalue weighted by atomic mass is 35.5. The monoisotopic (exact) mass is 420 g/mol. The van der Waals surface area contributed by atoms with Crippen LogP contribution in [0.3, 0.4) is 0 Å². The Balaban J connectivity index is 1.77. The molecule has 1 aliphatic rings. The molecular weight excluding hydrogens is 404 g/mol. The molecule has 4 rings (SSSR count). The number of fused-ring (bicyclic) bond motifs is 3. The van der Waals surface area contributed by atoms with E-state index in [1.54, 1.807) is 30.9 Å². The molecule has 1 N–H and O–H groups in total. The van der Waals surface area contributed by atoms with Crippen LogP contribution in [0.5, 0.6) is 0 Å². The molecule has 2 aromatic heterocycles. The highest BCUT2D eigenvalue weighted by molar-refractivity contribution is 6.16. The second-order valence-electron chi connectivity index (χ2n) is 6.38. The molecule has 1 unspecified atom stereocenters. The Morgan fingerprint density at radius 3 is 2.93 bits per heavy atom. The quantitative estimate of drug-likeness (QED) is 0.483. The molecule has 0 saturated heterocycles. The molecule has 9 heteroatoms. The van der Waals surface area contributed by atoms with E-state index in [4.69, 9.17) is 21.1 Å². The Kier molecular flexibility index (Phi) is 5.53. The van der Waals surface area contributed by atoms with Crippen molar-refractivity contribution in [2.24, 2.45) is 0 Å². The van der Waals surface area contributed by atoms with E-state index in [1.165, 1.54) is 0 Å². The number of aromatic nitrogens is 4. The van der Waals surface area contributed by atoms with Crippen molar-refractivity contribution in [1.82, 2.24) is 19.6 Å². The summed E-state index contributed by atoms with van der Waals surface area (Å²) in [6.45, 7) is 0.397. The number of allylic oxidation sites excluding steroid dienone is 1. The summed E-state index contributed by atoms with van der Waals surface area (Å²) in [5.74, 6) is 7.52. The van der Waals surface area contributed by atoms with Gasteiger partial charge >= 0.3 is 0 Å². The molecule has 0 radical (unpaired) electrons. The first kappa shape index (κ1) is 19.7. The summed E-state index contributed by atoms with van der Waals surface area (Å²) >= 11 is 5.95. The van der Waals surface area contributed by atoms with Gasteiger partial charge in [-0.15, -0.1) is 16.7 Å². The van der Waals surface area contributed by atoms with Crippen LogP contribution in [-0.2, 0) is 15.4 Å². The highest BCUT2D eigenvalue weighted by Crippen LogP contribution is 2.24. The maximum Gasteiger partial charge on any atom is 0.226 e. The summed E-state index contributed by atoms with van der Waals surface area (Å²) in [6, 6.07) is 7.55. The van der Waals surface area contributed by atoms with E-state index in [-0.39, 0.29) is 12.0 Å². The van der Waals surface area contributed by atoms with Crippen molar-refractivity contribution in [2.45, 2.75) is 12.0 Å². The lowest BCUT2D eigenvalue weighted by atomic mass is 10.1. The van der Waals surface area contributed by atoms with Gasteiger partial charge in [0.2, 0.25) is 5.95 Å². The fraction of sp³-hybridized carbons (Fsp3) is 0.238. The van der Waals surface area contributed by atoms with Crippen LogP contribution in [0.15, 0.2) is 41.7 Å². The first-order valence-corrected chi connectivity index (χ1v) is 9.59. The number of ether oxygens (including phenoxy) is 2. The fourth-order valence-electron chi connectivity index (χ4n) is 3.09. The number of hydrogen-bond acceptors (Lipinski definition) is 7. The normalized spacial score (nSPS) is 15.6. The number of anilines is 1. The molecule has 1 aliphatic carbocycles. The second kappa shape index (κ2) is 8.42. The fourth-order valence-corrected chi connectivity index (χ4v) is 3.21. The van der Waals surface area contributed by atoms with Gasteiger partial charge < -0.3 is 14.8 Å². The summed E-state index contributed by atoms with van der Waals surface area (Å²) in [4.78, 5) is 9.15. The van der Waals surface area contributed by atoms with Crippen molar-refractivity contribution in [3.8, 4) is 17.9 Å². The minimum absolute atomic E-state index is 0.165. The Hall–Kier alpha value is -3.59. The Bertz CT molecular complexity index is 1290. The number of para-hydroxylation sites is 1. The van der Waals surface area contributed by atoms with Crippen LogP contribution >= 0.6 is 11.6 Å². The molecule has 1 atom stereocenters. The van der Waals surface area contributed by atoms with Gasteiger partial charge in [-0.1, -0.05) is 12.0 Å². The Morgan fingerprint density at radius 2 is 2.20 bits per heavy atom. The predicted octanol–water partition coefficient (Wildman–Crippen LogP) is 2.79. The Labute approximate surface area is 177 Å². The van der Waals surface area contributed by atoms with Crippen LogP contribution in [0.2, 0.25) is 0 Å². The lowest BCUT2D eigenvalue weighted by molar-refractivity contribution is 0.184. The number of nitrogens with zero attached hydrogens (tertiary/aromatic N) is 5. The van der Waals surface area contributed by atoms with Crippen molar-refractivity contribution >= 4 is 34.1 Å². The van der Waals surface area contributed by atoms with Crippen molar-refractivity contribution in [3.05, 3.63) is 53.1 Å². The maximum atomic E-state index is 9.49. The summed E-state index contributed by atoms with van der Waals surface area (Å²) < 4.78 is 12.3. The van der Waals surface area contributed by atoms with Crippen molar-refractivity contribution in [3.63, 3.8) is 0 Å². The largest absolute Gasteiger partial charge is 0.489 e. The number of halogens is 1. The number of hydrogen-bond donors (Lipinski definition) is 1. The topological polar surface area (TPSA) is 97.4 Å².